The molecule has 0 amide bonds. The Balaban J connectivity index is 2.35. The highest BCUT2D eigenvalue weighted by Crippen LogP contribution is 2.36. The highest BCUT2D eigenvalue weighted by molar-refractivity contribution is 6.61. The second-order valence-corrected chi connectivity index (χ2v) is 5.96. The molecule has 0 aliphatic carbocycles. The Morgan fingerprint density at radius 1 is 1.25 bits per heavy atom. The van der Waals surface area contributed by atoms with Crippen molar-refractivity contribution in [1.82, 2.24) is 4.98 Å². The molecule has 106 valence electrons. The molecule has 0 aromatic carbocycles. The Bertz CT molecular complexity index is 536. The van der Waals surface area contributed by atoms with Gasteiger partial charge in [0.05, 0.1) is 16.8 Å². The lowest BCUT2D eigenvalue weighted by Gasteiger charge is -2.32. The Morgan fingerprint density at radius 3 is 2.35 bits per heavy atom. The quantitative estimate of drug-likeness (QED) is 0.825. The van der Waals surface area contributed by atoms with E-state index in [1.807, 2.05) is 39.8 Å². The van der Waals surface area contributed by atoms with Gasteiger partial charge >= 0.3 is 7.12 Å². The summed E-state index contributed by atoms with van der Waals surface area (Å²) in [6, 6.07) is 5.52. The molecule has 1 N–H and O–H groups in total. The number of rotatable bonds is 3. The second-order valence-electron chi connectivity index (χ2n) is 5.96. The highest BCUT2D eigenvalue weighted by Gasteiger charge is 2.52. The molecule has 0 atom stereocenters. The van der Waals surface area contributed by atoms with E-state index >= 15 is 0 Å². The standard InChI is InChI=1S/C14H19BN2O3/c1-13(2)14(3,4)20-15(19-13)12-8-10(5-6-18)7-11(9-16)17-12/h7-8,18H,5-6H2,1-4H3. The maximum absolute atomic E-state index is 9.05. The first-order valence-corrected chi connectivity index (χ1v) is 6.66. The third kappa shape index (κ3) is 2.71. The van der Waals surface area contributed by atoms with E-state index in [1.54, 1.807) is 6.07 Å². The van der Waals surface area contributed by atoms with E-state index in [0.717, 1.165) is 5.56 Å². The highest BCUT2D eigenvalue weighted by atomic mass is 16.7. The number of nitrogens with zero attached hydrogens (tertiary/aromatic N) is 2. The summed E-state index contributed by atoms with van der Waals surface area (Å²) in [7, 11) is -0.592. The summed E-state index contributed by atoms with van der Waals surface area (Å²) in [5.74, 6) is 0. The lowest BCUT2D eigenvalue weighted by atomic mass is 9.83. The smallest absolute Gasteiger partial charge is 0.398 e. The Labute approximate surface area is 119 Å². The first-order chi connectivity index (χ1) is 9.29. The number of aliphatic hydroxyl groups is 1. The van der Waals surface area contributed by atoms with Crippen LogP contribution in [0.25, 0.3) is 0 Å². The van der Waals surface area contributed by atoms with Gasteiger partial charge in [0.25, 0.3) is 0 Å². The molecule has 5 nitrogen and oxygen atoms in total. The molecule has 20 heavy (non-hydrogen) atoms. The van der Waals surface area contributed by atoms with Crippen molar-refractivity contribution in [2.24, 2.45) is 0 Å². The van der Waals surface area contributed by atoms with Gasteiger partial charge in [0.15, 0.2) is 0 Å². The molecule has 2 heterocycles. The van der Waals surface area contributed by atoms with E-state index in [0.29, 0.717) is 17.7 Å². The number of hydrogen-bond donors (Lipinski definition) is 1. The predicted molar refractivity (Wildman–Crippen MR) is 75.5 cm³/mol. The van der Waals surface area contributed by atoms with E-state index in [-0.39, 0.29) is 6.61 Å². The van der Waals surface area contributed by atoms with Gasteiger partial charge in [-0.05, 0) is 51.8 Å². The van der Waals surface area contributed by atoms with Crippen molar-refractivity contribution in [2.75, 3.05) is 6.61 Å². The van der Waals surface area contributed by atoms with Crippen molar-refractivity contribution in [3.8, 4) is 6.07 Å². The van der Waals surface area contributed by atoms with Crippen molar-refractivity contribution in [3.05, 3.63) is 23.4 Å². The van der Waals surface area contributed by atoms with Gasteiger partial charge in [0.2, 0.25) is 0 Å². The maximum atomic E-state index is 9.05. The number of pyridine rings is 1. The van der Waals surface area contributed by atoms with E-state index in [1.165, 1.54) is 0 Å². The van der Waals surface area contributed by atoms with Crippen LogP contribution in [-0.2, 0) is 15.7 Å². The van der Waals surface area contributed by atoms with Crippen LogP contribution in [0.1, 0.15) is 39.0 Å². The van der Waals surface area contributed by atoms with Crippen molar-refractivity contribution < 1.29 is 14.4 Å². The fraction of sp³-hybridized carbons (Fsp3) is 0.571. The van der Waals surface area contributed by atoms with Gasteiger partial charge in [-0.1, -0.05) is 0 Å². The molecule has 0 bridgehead atoms. The van der Waals surface area contributed by atoms with Crippen LogP contribution in [0.3, 0.4) is 0 Å². The van der Waals surface area contributed by atoms with Crippen molar-refractivity contribution in [1.29, 1.82) is 5.26 Å². The van der Waals surface area contributed by atoms with E-state index in [9.17, 15) is 0 Å². The van der Waals surface area contributed by atoms with Crippen molar-refractivity contribution >= 4 is 12.7 Å². The summed E-state index contributed by atoms with van der Waals surface area (Å²) >= 11 is 0. The molecule has 0 saturated carbocycles. The number of aliphatic hydroxyl groups excluding tert-OH is 1. The van der Waals surface area contributed by atoms with Gasteiger partial charge in [-0.3, -0.25) is 0 Å². The van der Waals surface area contributed by atoms with Gasteiger partial charge < -0.3 is 14.4 Å². The van der Waals surface area contributed by atoms with Gasteiger partial charge in [-0.25, -0.2) is 4.98 Å². The van der Waals surface area contributed by atoms with E-state index in [2.05, 4.69) is 4.98 Å². The third-order valence-electron chi connectivity index (χ3n) is 3.91. The molecule has 1 fully saturated rings. The van der Waals surface area contributed by atoms with E-state index < -0.39 is 18.3 Å². The molecule has 0 spiro atoms. The molecule has 0 unspecified atom stereocenters. The van der Waals surface area contributed by atoms with Crippen molar-refractivity contribution in [3.63, 3.8) is 0 Å². The zero-order valence-electron chi connectivity index (χ0n) is 12.3. The SMILES string of the molecule is CC1(C)OB(c2cc(CCO)cc(C#N)n2)OC1(C)C. The average Bonchev–Trinajstić information content (AvgIpc) is 2.58. The fourth-order valence-electron chi connectivity index (χ4n) is 2.03. The maximum Gasteiger partial charge on any atom is 0.514 e. The van der Waals surface area contributed by atoms with Crippen LogP contribution in [0.5, 0.6) is 0 Å². The van der Waals surface area contributed by atoms with Crippen LogP contribution in [-0.4, -0.2) is 35.0 Å². The van der Waals surface area contributed by atoms with Gasteiger partial charge in [0.1, 0.15) is 11.8 Å². The third-order valence-corrected chi connectivity index (χ3v) is 3.91. The monoisotopic (exact) mass is 274 g/mol. The van der Waals surface area contributed by atoms with E-state index in [4.69, 9.17) is 19.7 Å². The molecular weight excluding hydrogens is 255 g/mol. The van der Waals surface area contributed by atoms with Crippen LogP contribution in [0.15, 0.2) is 12.1 Å². The topological polar surface area (TPSA) is 75.4 Å². The minimum atomic E-state index is -0.592. The minimum absolute atomic E-state index is 0.0255. The van der Waals surface area contributed by atoms with Crippen LogP contribution in [0.4, 0.5) is 0 Å². The summed E-state index contributed by atoms with van der Waals surface area (Å²) in [4.78, 5) is 4.25. The summed E-state index contributed by atoms with van der Waals surface area (Å²) in [6.45, 7) is 7.90. The molecule has 1 aromatic heterocycles. The Kier molecular flexibility index (Phi) is 3.87. The summed E-state index contributed by atoms with van der Waals surface area (Å²) in [5, 5.41) is 18.1. The first-order valence-electron chi connectivity index (χ1n) is 6.66. The van der Waals surface area contributed by atoms with Crippen LogP contribution in [0, 0.1) is 11.3 Å². The molecule has 6 heteroatoms. The summed E-state index contributed by atoms with van der Waals surface area (Å²) in [6.07, 6.45) is 0.476. The zero-order chi connectivity index (χ0) is 15.0. The summed E-state index contributed by atoms with van der Waals surface area (Å²) < 4.78 is 11.9. The fourth-order valence-corrected chi connectivity index (χ4v) is 2.03. The number of hydrogen-bond acceptors (Lipinski definition) is 5. The zero-order valence-corrected chi connectivity index (χ0v) is 12.3. The molecule has 2 rings (SSSR count). The number of aromatic nitrogens is 1. The number of nitriles is 1. The molecular formula is C14H19BN2O3. The molecule has 1 aliphatic heterocycles. The van der Waals surface area contributed by atoms with Gasteiger partial charge in [-0.15, -0.1) is 0 Å². The lowest BCUT2D eigenvalue weighted by molar-refractivity contribution is 0.00578. The first kappa shape index (κ1) is 15.0. The van der Waals surface area contributed by atoms with Gasteiger partial charge in [0, 0.05) is 6.61 Å². The average molecular weight is 274 g/mol. The largest absolute Gasteiger partial charge is 0.514 e. The van der Waals surface area contributed by atoms with Crippen LogP contribution in [0.2, 0.25) is 0 Å². The van der Waals surface area contributed by atoms with Crippen molar-refractivity contribution in [2.45, 2.75) is 45.3 Å². The minimum Gasteiger partial charge on any atom is -0.398 e. The molecule has 1 saturated heterocycles. The Morgan fingerprint density at radius 2 is 1.85 bits per heavy atom. The predicted octanol–water partition coefficient (Wildman–Crippen LogP) is 0.787. The molecule has 1 aromatic rings. The van der Waals surface area contributed by atoms with Crippen LogP contribution >= 0.6 is 0 Å². The normalized spacial score (nSPS) is 19.9. The van der Waals surface area contributed by atoms with Gasteiger partial charge in [-0.2, -0.15) is 5.26 Å². The molecule has 1 aliphatic rings. The van der Waals surface area contributed by atoms with Crippen LogP contribution < -0.4 is 5.59 Å². The summed E-state index contributed by atoms with van der Waals surface area (Å²) in [5.41, 5.74) is 0.841. The Hall–Kier alpha value is -1.42. The molecule has 0 radical (unpaired) electrons. The lowest BCUT2D eigenvalue weighted by Crippen LogP contribution is -2.41. The second kappa shape index (κ2) is 5.17.